The zero-order valence-corrected chi connectivity index (χ0v) is 17.2. The Kier molecular flexibility index (Phi) is 4.71. The van der Waals surface area contributed by atoms with Crippen LogP contribution in [0.5, 0.6) is 17.2 Å². The highest BCUT2D eigenvalue weighted by molar-refractivity contribution is 6.15. The summed E-state index contributed by atoms with van der Waals surface area (Å²) in [4.78, 5) is 29.4. The smallest absolute Gasteiger partial charge is 0.379 e. The van der Waals surface area contributed by atoms with Gasteiger partial charge in [-0.1, -0.05) is 12.1 Å². The van der Waals surface area contributed by atoms with Gasteiger partial charge in [0.05, 0.1) is 12.7 Å². The van der Waals surface area contributed by atoms with Crippen LogP contribution in [0.1, 0.15) is 32.0 Å². The van der Waals surface area contributed by atoms with Gasteiger partial charge in [0.2, 0.25) is 11.5 Å². The van der Waals surface area contributed by atoms with E-state index in [1.165, 1.54) is 7.11 Å². The molecule has 0 saturated heterocycles. The first-order valence-corrected chi connectivity index (χ1v) is 9.82. The molecule has 7 nitrogen and oxygen atoms in total. The van der Waals surface area contributed by atoms with Crippen molar-refractivity contribution in [1.29, 1.82) is 0 Å². The molecule has 0 atom stereocenters. The van der Waals surface area contributed by atoms with Gasteiger partial charge in [-0.05, 0) is 55.0 Å². The summed E-state index contributed by atoms with van der Waals surface area (Å²) in [7, 11) is 1.53. The van der Waals surface area contributed by atoms with Crippen LogP contribution in [-0.2, 0) is 0 Å². The van der Waals surface area contributed by atoms with Gasteiger partial charge in [0.15, 0.2) is 17.1 Å². The van der Waals surface area contributed by atoms with Gasteiger partial charge < -0.3 is 18.6 Å². The highest BCUT2D eigenvalue weighted by Crippen LogP contribution is 2.39. The second-order valence-corrected chi connectivity index (χ2v) is 7.16. The molecule has 0 saturated carbocycles. The Morgan fingerprint density at radius 3 is 2.66 bits per heavy atom. The summed E-state index contributed by atoms with van der Waals surface area (Å²) in [6.07, 6.45) is 4.92. The van der Waals surface area contributed by atoms with Gasteiger partial charge in [0.25, 0.3) is 0 Å². The largest absolute Gasteiger partial charge is 0.493 e. The highest BCUT2D eigenvalue weighted by Gasteiger charge is 2.31. The fraction of sp³-hybridized carbons (Fsp3) is 0.0800. The number of methoxy groups -OCH3 is 1. The number of nitrogens with zero attached hydrogens (tertiary/aromatic N) is 1. The second kappa shape index (κ2) is 7.70. The summed E-state index contributed by atoms with van der Waals surface area (Å²) in [6, 6.07) is 13.7. The number of hydrogen-bond donors (Lipinski definition) is 0. The van der Waals surface area contributed by atoms with E-state index in [4.69, 9.17) is 18.6 Å². The molecule has 0 radical (unpaired) electrons. The lowest BCUT2D eigenvalue weighted by Crippen LogP contribution is -2.08. The monoisotopic (exact) mass is 427 g/mol. The molecule has 0 spiro atoms. The molecule has 1 aliphatic heterocycles. The fourth-order valence-electron chi connectivity index (χ4n) is 3.54. The zero-order valence-electron chi connectivity index (χ0n) is 17.2. The first kappa shape index (κ1) is 19.6. The fourth-order valence-corrected chi connectivity index (χ4v) is 3.54. The van der Waals surface area contributed by atoms with Gasteiger partial charge in [-0.3, -0.25) is 9.78 Å². The van der Waals surface area contributed by atoms with Crippen molar-refractivity contribution in [3.8, 4) is 17.2 Å². The molecule has 5 rings (SSSR count). The Hall–Kier alpha value is -4.39. The summed E-state index contributed by atoms with van der Waals surface area (Å²) >= 11 is 0. The third-order valence-corrected chi connectivity index (χ3v) is 5.17. The van der Waals surface area contributed by atoms with Crippen molar-refractivity contribution >= 4 is 28.8 Å². The van der Waals surface area contributed by atoms with Gasteiger partial charge in [-0.15, -0.1) is 0 Å². The summed E-state index contributed by atoms with van der Waals surface area (Å²) in [6.45, 7) is 1.73. The number of ketones is 1. The molecule has 4 aromatic rings. The van der Waals surface area contributed by atoms with Crippen LogP contribution < -0.4 is 14.2 Å². The summed E-state index contributed by atoms with van der Waals surface area (Å²) in [5, 5.41) is 0.724. The van der Waals surface area contributed by atoms with Crippen molar-refractivity contribution in [3.63, 3.8) is 0 Å². The third-order valence-electron chi connectivity index (χ3n) is 5.17. The predicted molar refractivity (Wildman–Crippen MR) is 116 cm³/mol. The maximum absolute atomic E-state index is 12.7. The topological polar surface area (TPSA) is 87.9 Å². The van der Waals surface area contributed by atoms with Crippen LogP contribution in [0.3, 0.4) is 0 Å². The molecular formula is C25H17NO6. The van der Waals surface area contributed by atoms with Crippen molar-refractivity contribution in [3.05, 3.63) is 89.1 Å². The number of ether oxygens (including phenoxy) is 3. The van der Waals surface area contributed by atoms with E-state index in [1.54, 1.807) is 61.8 Å². The number of furan rings is 1. The van der Waals surface area contributed by atoms with Gasteiger partial charge in [0, 0.05) is 23.3 Å². The molecule has 0 bridgehead atoms. The molecule has 32 heavy (non-hydrogen) atoms. The quantitative estimate of drug-likeness (QED) is 0.258. The van der Waals surface area contributed by atoms with E-state index in [2.05, 4.69) is 4.98 Å². The molecular weight excluding hydrogens is 410 g/mol. The number of benzene rings is 2. The van der Waals surface area contributed by atoms with E-state index in [9.17, 15) is 9.59 Å². The molecule has 1 aliphatic rings. The van der Waals surface area contributed by atoms with Crippen LogP contribution in [0.4, 0.5) is 0 Å². The minimum absolute atomic E-state index is 0.0414. The van der Waals surface area contributed by atoms with Gasteiger partial charge in [0.1, 0.15) is 11.5 Å². The summed E-state index contributed by atoms with van der Waals surface area (Å²) < 4.78 is 22.3. The van der Waals surface area contributed by atoms with E-state index in [0.29, 0.717) is 28.2 Å². The average molecular weight is 427 g/mol. The van der Waals surface area contributed by atoms with E-state index < -0.39 is 5.97 Å². The number of para-hydroxylation sites is 1. The first-order chi connectivity index (χ1) is 15.5. The lowest BCUT2D eigenvalue weighted by atomic mass is 10.1. The van der Waals surface area contributed by atoms with Crippen LogP contribution in [0.2, 0.25) is 0 Å². The number of carbonyl (C=O) groups is 2. The van der Waals surface area contributed by atoms with Crippen LogP contribution >= 0.6 is 0 Å². The summed E-state index contributed by atoms with van der Waals surface area (Å²) in [5.74, 6) is 0.508. The maximum Gasteiger partial charge on any atom is 0.379 e. The average Bonchev–Trinajstić information content (AvgIpc) is 3.38. The molecule has 0 amide bonds. The molecule has 0 aliphatic carbocycles. The number of pyridine rings is 1. The number of hydrogen-bond acceptors (Lipinski definition) is 7. The Bertz CT molecular complexity index is 1400. The molecule has 0 N–H and O–H groups in total. The van der Waals surface area contributed by atoms with Crippen molar-refractivity contribution in [2.24, 2.45) is 0 Å². The number of allylic oxidation sites excluding steroid dienone is 1. The Morgan fingerprint density at radius 1 is 1.06 bits per heavy atom. The third kappa shape index (κ3) is 3.30. The number of aromatic nitrogens is 1. The number of esters is 1. The Labute approximate surface area is 182 Å². The number of Topliss-reactive ketones (excluding diaryl/α,β-unsaturated/α-hetero) is 1. The molecule has 0 unspecified atom stereocenters. The van der Waals surface area contributed by atoms with E-state index in [0.717, 1.165) is 10.9 Å². The van der Waals surface area contributed by atoms with E-state index >= 15 is 0 Å². The van der Waals surface area contributed by atoms with Gasteiger partial charge in [-0.25, -0.2) is 4.79 Å². The van der Waals surface area contributed by atoms with Crippen molar-refractivity contribution < 1.29 is 28.2 Å². The molecule has 2 aromatic heterocycles. The molecule has 7 heteroatoms. The molecule has 0 fully saturated rings. The number of carbonyl (C=O) groups excluding carboxylic acids is 2. The SMILES string of the molecule is COc1cccc2cc(C(=O)Oc3ccc4c(c3C)O/C(=C\c3ccncc3)C4=O)oc12. The lowest BCUT2D eigenvalue weighted by molar-refractivity contribution is 0.0702. The van der Waals surface area contributed by atoms with E-state index in [-0.39, 0.29) is 23.1 Å². The van der Waals surface area contributed by atoms with Crippen LogP contribution in [0, 0.1) is 6.92 Å². The van der Waals surface area contributed by atoms with Crippen LogP contribution in [0.15, 0.2) is 71.1 Å². The number of rotatable bonds is 4. The Balaban J connectivity index is 1.43. The number of fused-ring (bicyclic) bond motifs is 2. The highest BCUT2D eigenvalue weighted by atomic mass is 16.6. The van der Waals surface area contributed by atoms with E-state index in [1.807, 2.05) is 12.1 Å². The minimum Gasteiger partial charge on any atom is -0.493 e. The minimum atomic E-state index is -0.664. The van der Waals surface area contributed by atoms with Crippen LogP contribution in [-0.4, -0.2) is 23.8 Å². The van der Waals surface area contributed by atoms with Crippen molar-refractivity contribution in [2.75, 3.05) is 7.11 Å². The van der Waals surface area contributed by atoms with Gasteiger partial charge in [-0.2, -0.15) is 0 Å². The summed E-state index contributed by atoms with van der Waals surface area (Å²) in [5.41, 5.74) is 2.21. The zero-order chi connectivity index (χ0) is 22.2. The lowest BCUT2D eigenvalue weighted by Gasteiger charge is -2.09. The van der Waals surface area contributed by atoms with Crippen LogP contribution in [0.25, 0.3) is 17.0 Å². The van der Waals surface area contributed by atoms with Crippen molar-refractivity contribution in [2.45, 2.75) is 6.92 Å². The maximum atomic E-state index is 12.7. The molecule has 2 aromatic carbocycles. The molecule has 3 heterocycles. The molecule has 158 valence electrons. The standard InChI is InChI=1S/C25H17NO6/c1-14-18(32-25(28)21-13-16-4-3-5-19(29-2)24(16)31-21)7-6-17-22(27)20(30-23(14)17)12-15-8-10-26-11-9-15/h3-13H,1-2H3/b20-12-. The predicted octanol–water partition coefficient (Wildman–Crippen LogP) is 4.98. The van der Waals surface area contributed by atoms with Crippen molar-refractivity contribution in [1.82, 2.24) is 4.98 Å². The van der Waals surface area contributed by atoms with Gasteiger partial charge >= 0.3 is 5.97 Å². The normalized spacial score (nSPS) is 13.8. The Morgan fingerprint density at radius 2 is 1.88 bits per heavy atom. The first-order valence-electron chi connectivity index (χ1n) is 9.82. The second-order valence-electron chi connectivity index (χ2n) is 7.16.